The molecule has 0 aliphatic carbocycles. The Morgan fingerprint density at radius 3 is 2.19 bits per heavy atom. The number of hydrogen-bond acceptors (Lipinski definition) is 7. The molecule has 1 N–H and O–H groups in total. The molecular formula is C24H30N4O4. The van der Waals surface area contributed by atoms with Crippen molar-refractivity contribution >= 4 is 23.0 Å². The first kappa shape index (κ1) is 23.1. The van der Waals surface area contributed by atoms with Gasteiger partial charge in [0.05, 0.1) is 32.5 Å². The summed E-state index contributed by atoms with van der Waals surface area (Å²) in [6, 6.07) is 11.6. The van der Waals surface area contributed by atoms with E-state index in [1.807, 2.05) is 48.3 Å². The molecule has 4 rings (SSSR count). The SMILES string of the molecule is CNc1ccc(OC)cc1.COc1cc2ncnc(C3CCN(C=O)CC3)c2cc1OC. The number of methoxy groups -OCH3 is 3. The second kappa shape index (κ2) is 11.2. The summed E-state index contributed by atoms with van der Waals surface area (Å²) in [5.41, 5.74) is 2.97. The molecule has 8 heteroatoms. The fourth-order valence-corrected chi connectivity index (χ4v) is 3.76. The molecule has 0 saturated carbocycles. The minimum absolute atomic E-state index is 0.333. The van der Waals surface area contributed by atoms with Crippen LogP contribution in [0.15, 0.2) is 42.7 Å². The Morgan fingerprint density at radius 2 is 1.62 bits per heavy atom. The lowest BCUT2D eigenvalue weighted by molar-refractivity contribution is -0.119. The van der Waals surface area contributed by atoms with E-state index in [1.165, 1.54) is 0 Å². The molecule has 0 unspecified atom stereocenters. The number of nitrogens with one attached hydrogen (secondary N) is 1. The van der Waals surface area contributed by atoms with Crippen LogP contribution in [0.1, 0.15) is 24.5 Å². The van der Waals surface area contributed by atoms with Crippen LogP contribution in [-0.2, 0) is 4.79 Å². The zero-order valence-corrected chi connectivity index (χ0v) is 19.0. The number of nitrogens with zero attached hydrogens (tertiary/aromatic N) is 3. The highest BCUT2D eigenvalue weighted by Gasteiger charge is 2.23. The van der Waals surface area contributed by atoms with Gasteiger partial charge in [0.15, 0.2) is 11.5 Å². The van der Waals surface area contributed by atoms with Crippen LogP contribution in [0.25, 0.3) is 10.9 Å². The number of amides is 1. The standard InChI is InChI=1S/C16H19N3O3.C8H11NO/c1-21-14-7-12-13(8-15(14)22-2)17-9-18-16(12)11-3-5-19(10-20)6-4-11;1-9-7-3-5-8(10-2)6-4-7/h7-11H,3-6H2,1-2H3;3-6,9H,1-2H3. The Balaban J connectivity index is 0.000000243. The van der Waals surface area contributed by atoms with Gasteiger partial charge in [0.1, 0.15) is 12.1 Å². The Hall–Kier alpha value is -3.55. The first-order valence-corrected chi connectivity index (χ1v) is 10.5. The van der Waals surface area contributed by atoms with Crippen LogP contribution in [0, 0.1) is 0 Å². The van der Waals surface area contributed by atoms with Crippen molar-refractivity contribution in [1.29, 1.82) is 0 Å². The van der Waals surface area contributed by atoms with E-state index in [2.05, 4.69) is 15.3 Å². The van der Waals surface area contributed by atoms with Crippen LogP contribution in [-0.4, -0.2) is 62.7 Å². The number of fused-ring (bicyclic) bond motifs is 1. The first-order chi connectivity index (χ1) is 15.6. The molecule has 0 atom stereocenters. The monoisotopic (exact) mass is 438 g/mol. The maximum atomic E-state index is 10.8. The number of hydrogen-bond donors (Lipinski definition) is 1. The molecular weight excluding hydrogens is 408 g/mol. The maximum Gasteiger partial charge on any atom is 0.209 e. The number of rotatable bonds is 6. The molecule has 1 fully saturated rings. The molecule has 0 radical (unpaired) electrons. The number of benzene rings is 2. The van der Waals surface area contributed by atoms with E-state index in [0.717, 1.165) is 60.4 Å². The summed E-state index contributed by atoms with van der Waals surface area (Å²) in [5, 5.41) is 4.01. The number of likely N-dealkylation sites (tertiary alicyclic amines) is 1. The maximum absolute atomic E-state index is 10.8. The van der Waals surface area contributed by atoms with Crippen LogP contribution < -0.4 is 19.5 Å². The predicted octanol–water partition coefficient (Wildman–Crippen LogP) is 3.72. The second-order valence-electron chi connectivity index (χ2n) is 7.38. The van der Waals surface area contributed by atoms with Crippen LogP contribution in [0.4, 0.5) is 5.69 Å². The lowest BCUT2D eigenvalue weighted by Crippen LogP contribution is -2.31. The molecule has 170 valence electrons. The van der Waals surface area contributed by atoms with E-state index >= 15 is 0 Å². The summed E-state index contributed by atoms with van der Waals surface area (Å²) >= 11 is 0. The van der Waals surface area contributed by atoms with E-state index in [4.69, 9.17) is 14.2 Å². The zero-order valence-electron chi connectivity index (χ0n) is 19.0. The largest absolute Gasteiger partial charge is 0.497 e. The third-order valence-corrected chi connectivity index (χ3v) is 5.62. The summed E-state index contributed by atoms with van der Waals surface area (Å²) in [5.74, 6) is 2.56. The van der Waals surface area contributed by atoms with Crippen molar-refractivity contribution in [3.05, 3.63) is 48.4 Å². The Labute approximate surface area is 188 Å². The highest BCUT2D eigenvalue weighted by atomic mass is 16.5. The van der Waals surface area contributed by atoms with Crippen LogP contribution in [0.3, 0.4) is 0 Å². The third-order valence-electron chi connectivity index (χ3n) is 5.62. The number of carbonyl (C=O) groups excluding carboxylic acids is 1. The number of piperidine rings is 1. The average molecular weight is 439 g/mol. The molecule has 0 bridgehead atoms. The quantitative estimate of drug-likeness (QED) is 0.587. The van der Waals surface area contributed by atoms with Gasteiger partial charge in [-0.2, -0.15) is 0 Å². The van der Waals surface area contributed by atoms with Crippen molar-refractivity contribution in [3.63, 3.8) is 0 Å². The molecule has 1 amide bonds. The summed E-state index contributed by atoms with van der Waals surface area (Å²) in [4.78, 5) is 21.5. The summed E-state index contributed by atoms with van der Waals surface area (Å²) in [7, 11) is 6.78. The van der Waals surface area contributed by atoms with Gasteiger partial charge >= 0.3 is 0 Å². The molecule has 8 nitrogen and oxygen atoms in total. The number of aromatic nitrogens is 2. The molecule has 0 spiro atoms. The zero-order chi connectivity index (χ0) is 22.9. The van der Waals surface area contributed by atoms with Gasteiger partial charge in [0.2, 0.25) is 6.41 Å². The van der Waals surface area contributed by atoms with Crippen molar-refractivity contribution in [2.75, 3.05) is 46.8 Å². The second-order valence-corrected chi connectivity index (χ2v) is 7.38. The fraction of sp³-hybridized carbons (Fsp3) is 0.375. The molecule has 3 aromatic rings. The minimum Gasteiger partial charge on any atom is -0.497 e. The summed E-state index contributed by atoms with van der Waals surface area (Å²) < 4.78 is 15.7. The lowest BCUT2D eigenvalue weighted by atomic mass is 9.91. The summed E-state index contributed by atoms with van der Waals surface area (Å²) in [6.07, 6.45) is 4.34. The van der Waals surface area contributed by atoms with E-state index < -0.39 is 0 Å². The molecule has 1 aliphatic heterocycles. The highest BCUT2D eigenvalue weighted by Crippen LogP contribution is 2.36. The van der Waals surface area contributed by atoms with Gasteiger partial charge in [-0.25, -0.2) is 9.97 Å². The Kier molecular flexibility index (Phi) is 8.08. The molecule has 1 saturated heterocycles. The molecule has 32 heavy (non-hydrogen) atoms. The smallest absolute Gasteiger partial charge is 0.209 e. The van der Waals surface area contributed by atoms with Gasteiger partial charge in [-0.3, -0.25) is 4.79 Å². The molecule has 2 aromatic carbocycles. The van der Waals surface area contributed by atoms with Gasteiger partial charge < -0.3 is 24.4 Å². The third kappa shape index (κ3) is 5.38. The average Bonchev–Trinajstić information content (AvgIpc) is 2.87. The van der Waals surface area contributed by atoms with Crippen molar-refractivity contribution in [1.82, 2.24) is 14.9 Å². The van der Waals surface area contributed by atoms with Gasteiger partial charge in [-0.15, -0.1) is 0 Å². The Bertz CT molecular complexity index is 995. The fourth-order valence-electron chi connectivity index (χ4n) is 3.76. The predicted molar refractivity (Wildman–Crippen MR) is 125 cm³/mol. The van der Waals surface area contributed by atoms with Crippen LogP contribution in [0.2, 0.25) is 0 Å². The highest BCUT2D eigenvalue weighted by molar-refractivity contribution is 5.85. The van der Waals surface area contributed by atoms with Crippen LogP contribution in [0.5, 0.6) is 17.2 Å². The topological polar surface area (TPSA) is 85.8 Å². The van der Waals surface area contributed by atoms with E-state index in [1.54, 1.807) is 27.7 Å². The first-order valence-electron chi connectivity index (χ1n) is 10.5. The van der Waals surface area contributed by atoms with Crippen molar-refractivity contribution in [3.8, 4) is 17.2 Å². The molecule has 1 aliphatic rings. The minimum atomic E-state index is 0.333. The van der Waals surface area contributed by atoms with Gasteiger partial charge in [-0.1, -0.05) is 0 Å². The normalized spacial score (nSPS) is 13.7. The number of ether oxygens (including phenoxy) is 3. The molecule has 1 aromatic heterocycles. The van der Waals surface area contributed by atoms with E-state index in [9.17, 15) is 4.79 Å². The van der Waals surface area contributed by atoms with Gasteiger partial charge in [0.25, 0.3) is 0 Å². The lowest BCUT2D eigenvalue weighted by Gasteiger charge is -2.29. The number of carbonyl (C=O) groups is 1. The van der Waals surface area contributed by atoms with E-state index in [-0.39, 0.29) is 0 Å². The number of anilines is 1. The molecule has 2 heterocycles. The van der Waals surface area contributed by atoms with Gasteiger partial charge in [-0.05, 0) is 43.2 Å². The van der Waals surface area contributed by atoms with Crippen molar-refractivity contribution in [2.45, 2.75) is 18.8 Å². The van der Waals surface area contributed by atoms with E-state index in [0.29, 0.717) is 17.4 Å². The van der Waals surface area contributed by atoms with Crippen LogP contribution >= 0.6 is 0 Å². The van der Waals surface area contributed by atoms with Gasteiger partial charge in [0, 0.05) is 43.2 Å². The van der Waals surface area contributed by atoms with Crippen molar-refractivity contribution < 1.29 is 19.0 Å². The Morgan fingerprint density at radius 1 is 0.969 bits per heavy atom. The van der Waals surface area contributed by atoms with Crippen molar-refractivity contribution in [2.24, 2.45) is 0 Å². The summed E-state index contributed by atoms with van der Waals surface area (Å²) in [6.45, 7) is 1.54.